The highest BCUT2D eigenvalue weighted by Crippen LogP contribution is 2.32. The maximum absolute atomic E-state index is 13.0. The topological polar surface area (TPSA) is 55.8 Å². The standard InChI is InChI=1S/C22H35N2O4/c1-5-24(6-2,7-3)17-28-22(26)23-16-12-11-15-19(23)20(21(25)27-4)18-13-9-8-10-14-18/h8-10,13-14,19-20H,5-7,11-12,15-17H2,1-4H3/q+1/t19?,20-/m1/s1. The second-order valence-electron chi connectivity index (χ2n) is 7.50. The van der Waals surface area contributed by atoms with Gasteiger partial charge in [0.2, 0.25) is 6.73 Å². The first-order valence-electron chi connectivity index (χ1n) is 10.4. The molecule has 1 saturated heterocycles. The second-order valence-corrected chi connectivity index (χ2v) is 7.50. The van der Waals surface area contributed by atoms with Crippen LogP contribution in [0.4, 0.5) is 4.79 Å². The van der Waals surface area contributed by atoms with Crippen LogP contribution in [0.25, 0.3) is 0 Å². The SMILES string of the molecule is CC[N+](CC)(CC)COC(=O)N1CCCCC1[C@H](C(=O)OC)c1ccccc1. The largest absolute Gasteiger partial charge is 0.468 e. The Morgan fingerprint density at radius 1 is 1.11 bits per heavy atom. The van der Waals surface area contributed by atoms with Gasteiger partial charge in [-0.1, -0.05) is 30.3 Å². The predicted molar refractivity (Wildman–Crippen MR) is 109 cm³/mol. The van der Waals surface area contributed by atoms with Crippen LogP contribution in [0.3, 0.4) is 0 Å². The number of ether oxygens (including phenoxy) is 2. The normalized spacial score (nSPS) is 18.4. The van der Waals surface area contributed by atoms with Gasteiger partial charge >= 0.3 is 12.1 Å². The van der Waals surface area contributed by atoms with E-state index in [-0.39, 0.29) is 18.1 Å². The zero-order valence-electron chi connectivity index (χ0n) is 17.7. The summed E-state index contributed by atoms with van der Waals surface area (Å²) in [5.74, 6) is -0.807. The lowest BCUT2D eigenvalue weighted by Gasteiger charge is -2.40. The van der Waals surface area contributed by atoms with Crippen LogP contribution < -0.4 is 0 Å². The van der Waals surface area contributed by atoms with Crippen LogP contribution in [0.5, 0.6) is 0 Å². The average molecular weight is 392 g/mol. The van der Waals surface area contributed by atoms with Gasteiger partial charge in [0.25, 0.3) is 0 Å². The summed E-state index contributed by atoms with van der Waals surface area (Å²) in [6.07, 6.45) is 2.34. The highest BCUT2D eigenvalue weighted by Gasteiger charge is 2.39. The van der Waals surface area contributed by atoms with Crippen molar-refractivity contribution in [3.05, 3.63) is 35.9 Å². The fraction of sp³-hybridized carbons (Fsp3) is 0.636. The molecule has 0 saturated carbocycles. The van der Waals surface area contributed by atoms with Gasteiger partial charge in [-0.2, -0.15) is 0 Å². The fourth-order valence-electron chi connectivity index (χ4n) is 4.05. The first-order valence-corrected chi connectivity index (χ1v) is 10.4. The molecule has 1 amide bonds. The minimum absolute atomic E-state index is 0.247. The van der Waals surface area contributed by atoms with Crippen molar-refractivity contribution < 1.29 is 23.5 Å². The van der Waals surface area contributed by atoms with Gasteiger partial charge in [-0.25, -0.2) is 4.79 Å². The van der Waals surface area contributed by atoms with Crippen LogP contribution >= 0.6 is 0 Å². The second kappa shape index (κ2) is 10.5. The van der Waals surface area contributed by atoms with Crippen LogP contribution in [0.1, 0.15) is 51.5 Å². The third kappa shape index (κ3) is 5.04. The highest BCUT2D eigenvalue weighted by atomic mass is 16.6. The molecule has 28 heavy (non-hydrogen) atoms. The number of methoxy groups -OCH3 is 1. The summed E-state index contributed by atoms with van der Waals surface area (Å²) >= 11 is 0. The minimum Gasteiger partial charge on any atom is -0.468 e. The fourth-order valence-corrected chi connectivity index (χ4v) is 4.05. The number of carbonyl (C=O) groups excluding carboxylic acids is 2. The number of hydrogen-bond donors (Lipinski definition) is 0. The quantitative estimate of drug-likeness (QED) is 0.385. The Hall–Kier alpha value is -2.08. The summed E-state index contributed by atoms with van der Waals surface area (Å²) < 4.78 is 11.6. The Balaban J connectivity index is 2.21. The summed E-state index contributed by atoms with van der Waals surface area (Å²) in [5.41, 5.74) is 0.875. The molecule has 1 aliphatic rings. The summed E-state index contributed by atoms with van der Waals surface area (Å²) in [4.78, 5) is 27.4. The molecule has 0 aromatic heterocycles. The number of piperidine rings is 1. The van der Waals surface area contributed by atoms with Crippen molar-refractivity contribution in [1.82, 2.24) is 4.90 Å². The van der Waals surface area contributed by atoms with Crippen LogP contribution in [-0.4, -0.2) is 67.5 Å². The maximum Gasteiger partial charge on any atom is 0.414 e. The molecule has 1 aromatic carbocycles. The Bertz CT molecular complexity index is 622. The summed E-state index contributed by atoms with van der Waals surface area (Å²) in [6, 6.07) is 9.34. The van der Waals surface area contributed by atoms with Crippen LogP contribution in [0, 0.1) is 0 Å². The van der Waals surface area contributed by atoms with E-state index in [4.69, 9.17) is 9.47 Å². The first kappa shape index (κ1) is 22.2. The predicted octanol–water partition coefficient (Wildman–Crippen LogP) is 3.77. The lowest BCUT2D eigenvalue weighted by atomic mass is 9.85. The van der Waals surface area contributed by atoms with Crippen LogP contribution in [-0.2, 0) is 14.3 Å². The smallest absolute Gasteiger partial charge is 0.414 e. The van der Waals surface area contributed by atoms with Gasteiger partial charge < -0.3 is 14.4 Å². The zero-order valence-corrected chi connectivity index (χ0v) is 17.7. The van der Waals surface area contributed by atoms with Crippen LogP contribution in [0.15, 0.2) is 30.3 Å². The number of nitrogens with zero attached hydrogens (tertiary/aromatic N) is 2. The Kier molecular flexibility index (Phi) is 8.30. The number of quaternary nitrogens is 1. The molecule has 1 fully saturated rings. The number of likely N-dealkylation sites (tertiary alicyclic amines) is 1. The molecule has 1 aliphatic heterocycles. The first-order chi connectivity index (χ1) is 13.5. The van der Waals surface area contributed by atoms with Gasteiger partial charge in [0.1, 0.15) is 5.92 Å². The molecule has 6 nitrogen and oxygen atoms in total. The van der Waals surface area contributed by atoms with Gasteiger partial charge in [0, 0.05) is 6.54 Å². The van der Waals surface area contributed by atoms with E-state index in [0.717, 1.165) is 48.9 Å². The van der Waals surface area contributed by atoms with Gasteiger partial charge in [-0.3, -0.25) is 9.28 Å². The molecule has 0 aliphatic carbocycles. The van der Waals surface area contributed by atoms with Crippen molar-refractivity contribution in [3.63, 3.8) is 0 Å². The molecule has 6 heteroatoms. The van der Waals surface area contributed by atoms with Gasteiger partial charge in [0.15, 0.2) is 0 Å². The van der Waals surface area contributed by atoms with Crippen molar-refractivity contribution >= 4 is 12.1 Å². The van der Waals surface area contributed by atoms with Crippen molar-refractivity contribution in [2.24, 2.45) is 0 Å². The molecule has 1 aromatic rings. The molecule has 0 spiro atoms. The number of rotatable bonds is 8. The van der Waals surface area contributed by atoms with E-state index >= 15 is 0 Å². The monoisotopic (exact) mass is 391 g/mol. The summed E-state index contributed by atoms with van der Waals surface area (Å²) in [5, 5.41) is 0. The molecule has 1 heterocycles. The molecule has 2 atom stereocenters. The van der Waals surface area contributed by atoms with E-state index in [1.165, 1.54) is 7.11 Å². The Morgan fingerprint density at radius 3 is 2.32 bits per heavy atom. The summed E-state index contributed by atoms with van der Waals surface area (Å²) in [6.45, 7) is 10.1. The van der Waals surface area contributed by atoms with Gasteiger partial charge in [-0.15, -0.1) is 0 Å². The minimum atomic E-state index is -0.498. The number of amides is 1. The lowest BCUT2D eigenvalue weighted by molar-refractivity contribution is -0.938. The van der Waals surface area contributed by atoms with Crippen LogP contribution in [0.2, 0.25) is 0 Å². The molecule has 2 rings (SSSR count). The van der Waals surface area contributed by atoms with E-state index in [2.05, 4.69) is 20.8 Å². The van der Waals surface area contributed by atoms with Crippen molar-refractivity contribution in [1.29, 1.82) is 0 Å². The number of carbonyl (C=O) groups is 2. The molecule has 0 radical (unpaired) electrons. The number of benzene rings is 1. The van der Waals surface area contributed by atoms with E-state index in [1.54, 1.807) is 4.90 Å². The van der Waals surface area contributed by atoms with Crippen molar-refractivity contribution in [2.75, 3.05) is 40.0 Å². The number of hydrogen-bond acceptors (Lipinski definition) is 4. The zero-order chi connectivity index (χ0) is 20.6. The van der Waals surface area contributed by atoms with Gasteiger partial charge in [-0.05, 0) is 45.6 Å². The lowest BCUT2D eigenvalue weighted by Crippen LogP contribution is -2.53. The number of esters is 1. The van der Waals surface area contributed by atoms with E-state index in [0.29, 0.717) is 13.3 Å². The third-order valence-electron chi connectivity index (χ3n) is 6.26. The van der Waals surface area contributed by atoms with E-state index in [9.17, 15) is 9.59 Å². The molecular weight excluding hydrogens is 356 g/mol. The molecule has 156 valence electrons. The molecular formula is C22H35N2O4+. The van der Waals surface area contributed by atoms with E-state index in [1.807, 2.05) is 30.3 Å². The molecule has 0 bridgehead atoms. The van der Waals surface area contributed by atoms with E-state index < -0.39 is 5.92 Å². The van der Waals surface area contributed by atoms with Crippen molar-refractivity contribution in [3.8, 4) is 0 Å². The van der Waals surface area contributed by atoms with Gasteiger partial charge in [0.05, 0.1) is 32.8 Å². The van der Waals surface area contributed by atoms with Crippen molar-refractivity contribution in [2.45, 2.75) is 52.0 Å². The maximum atomic E-state index is 13.0. The highest BCUT2D eigenvalue weighted by molar-refractivity contribution is 5.80. The third-order valence-corrected chi connectivity index (χ3v) is 6.26. The Labute approximate surface area is 169 Å². The molecule has 1 unspecified atom stereocenters. The average Bonchev–Trinajstić information content (AvgIpc) is 2.76. The Morgan fingerprint density at radius 2 is 1.75 bits per heavy atom. The molecule has 0 N–H and O–H groups in total. The summed E-state index contributed by atoms with van der Waals surface area (Å²) in [7, 11) is 1.40.